The monoisotopic (exact) mass is 279 g/mol. The Morgan fingerprint density at radius 2 is 1.45 bits per heavy atom. The average molecular weight is 279 g/mol. The zero-order valence-corrected chi connectivity index (χ0v) is 12.1. The van der Waals surface area contributed by atoms with Gasteiger partial charge in [0, 0.05) is 11.8 Å². The van der Waals surface area contributed by atoms with Gasteiger partial charge in [-0.3, -0.25) is 9.59 Å². The van der Waals surface area contributed by atoms with Gasteiger partial charge in [-0.25, -0.2) is 5.43 Å². The van der Waals surface area contributed by atoms with Crippen molar-refractivity contribution in [1.29, 1.82) is 0 Å². The van der Waals surface area contributed by atoms with Crippen LogP contribution >= 0.6 is 0 Å². The van der Waals surface area contributed by atoms with Gasteiger partial charge in [-0.15, -0.1) is 0 Å². The minimum atomic E-state index is -0.633. The highest BCUT2D eigenvalue weighted by atomic mass is 16.2. The van der Waals surface area contributed by atoms with Crippen LogP contribution in [0.2, 0.25) is 0 Å². The van der Waals surface area contributed by atoms with Gasteiger partial charge in [-0.1, -0.05) is 32.1 Å². The number of hydrazone groups is 1. The molecule has 2 amide bonds. The molecule has 0 saturated heterocycles. The molecule has 2 rings (SSSR count). The Morgan fingerprint density at radius 1 is 0.850 bits per heavy atom. The van der Waals surface area contributed by atoms with Crippen LogP contribution in [0, 0.1) is 0 Å². The first-order chi connectivity index (χ1) is 9.75. The SMILES string of the molecule is O=C(NN=C1CCCCCCC1)C(=O)NC1CCCC1. The molecule has 0 heterocycles. The van der Waals surface area contributed by atoms with Crippen LogP contribution in [0.15, 0.2) is 5.10 Å². The fourth-order valence-electron chi connectivity index (χ4n) is 2.93. The lowest BCUT2D eigenvalue weighted by molar-refractivity contribution is -0.139. The van der Waals surface area contributed by atoms with Gasteiger partial charge in [0.25, 0.3) is 0 Å². The van der Waals surface area contributed by atoms with Crippen molar-refractivity contribution in [2.24, 2.45) is 5.10 Å². The number of rotatable bonds is 2. The first kappa shape index (κ1) is 15.0. The van der Waals surface area contributed by atoms with Crippen LogP contribution in [-0.2, 0) is 9.59 Å². The minimum Gasteiger partial charge on any atom is -0.345 e. The zero-order chi connectivity index (χ0) is 14.2. The molecule has 20 heavy (non-hydrogen) atoms. The predicted octanol–water partition coefficient (Wildman–Crippen LogP) is 2.26. The maximum atomic E-state index is 11.7. The second-order valence-corrected chi connectivity index (χ2v) is 5.84. The van der Waals surface area contributed by atoms with Crippen molar-refractivity contribution < 1.29 is 9.59 Å². The molecule has 0 aliphatic heterocycles. The van der Waals surface area contributed by atoms with E-state index < -0.39 is 11.8 Å². The summed E-state index contributed by atoms with van der Waals surface area (Å²) in [6.07, 6.45) is 12.1. The highest BCUT2D eigenvalue weighted by Gasteiger charge is 2.21. The van der Waals surface area contributed by atoms with Crippen LogP contribution in [0.25, 0.3) is 0 Å². The van der Waals surface area contributed by atoms with Gasteiger partial charge < -0.3 is 5.32 Å². The fraction of sp³-hybridized carbons (Fsp3) is 0.800. The van der Waals surface area contributed by atoms with Crippen LogP contribution in [0.1, 0.15) is 70.6 Å². The van der Waals surface area contributed by atoms with E-state index in [1.165, 1.54) is 19.3 Å². The third-order valence-electron chi connectivity index (χ3n) is 4.14. The molecule has 2 aliphatic carbocycles. The fourth-order valence-corrected chi connectivity index (χ4v) is 2.93. The molecule has 2 saturated carbocycles. The zero-order valence-electron chi connectivity index (χ0n) is 12.1. The van der Waals surface area contributed by atoms with Gasteiger partial charge in [-0.05, 0) is 38.5 Å². The molecule has 0 aromatic rings. The highest BCUT2D eigenvalue weighted by molar-refractivity contribution is 6.35. The first-order valence-electron chi connectivity index (χ1n) is 7.92. The summed E-state index contributed by atoms with van der Waals surface area (Å²) < 4.78 is 0. The average Bonchev–Trinajstić information content (AvgIpc) is 2.90. The van der Waals surface area contributed by atoms with Crippen molar-refractivity contribution in [3.63, 3.8) is 0 Å². The summed E-state index contributed by atoms with van der Waals surface area (Å²) in [6.45, 7) is 0. The molecule has 0 aromatic heterocycles. The van der Waals surface area contributed by atoms with E-state index in [2.05, 4.69) is 15.8 Å². The lowest BCUT2D eigenvalue weighted by Crippen LogP contribution is -2.42. The smallest absolute Gasteiger partial charge is 0.329 e. The second-order valence-electron chi connectivity index (χ2n) is 5.84. The Kier molecular flexibility index (Phi) is 6.02. The number of carbonyl (C=O) groups excluding carboxylic acids is 2. The maximum absolute atomic E-state index is 11.7. The second kappa shape index (κ2) is 8.02. The van der Waals surface area contributed by atoms with E-state index in [1.807, 2.05) is 0 Å². The van der Waals surface area contributed by atoms with E-state index in [-0.39, 0.29) is 6.04 Å². The maximum Gasteiger partial charge on any atom is 0.329 e. The number of carbonyl (C=O) groups is 2. The minimum absolute atomic E-state index is 0.169. The Hall–Kier alpha value is -1.39. The molecule has 2 N–H and O–H groups in total. The Bertz CT molecular complexity index is 363. The van der Waals surface area contributed by atoms with Crippen LogP contribution in [0.4, 0.5) is 0 Å². The van der Waals surface area contributed by atoms with Crippen molar-refractivity contribution in [3.8, 4) is 0 Å². The Labute approximate surface area is 120 Å². The summed E-state index contributed by atoms with van der Waals surface area (Å²) in [6, 6.07) is 0.169. The largest absolute Gasteiger partial charge is 0.345 e. The third-order valence-corrected chi connectivity index (χ3v) is 4.14. The van der Waals surface area contributed by atoms with Crippen LogP contribution in [0.5, 0.6) is 0 Å². The number of amides is 2. The Morgan fingerprint density at radius 3 is 2.10 bits per heavy atom. The predicted molar refractivity (Wildman–Crippen MR) is 78.3 cm³/mol. The van der Waals surface area contributed by atoms with Gasteiger partial charge in [0.2, 0.25) is 0 Å². The quantitative estimate of drug-likeness (QED) is 0.601. The van der Waals surface area contributed by atoms with Gasteiger partial charge in [-0.2, -0.15) is 5.10 Å². The van der Waals surface area contributed by atoms with E-state index in [1.54, 1.807) is 0 Å². The summed E-state index contributed by atoms with van der Waals surface area (Å²) in [5.41, 5.74) is 3.43. The molecule has 5 nitrogen and oxygen atoms in total. The molecule has 0 aromatic carbocycles. The van der Waals surface area contributed by atoms with Gasteiger partial charge in [0.15, 0.2) is 0 Å². The van der Waals surface area contributed by atoms with Crippen molar-refractivity contribution in [1.82, 2.24) is 10.7 Å². The number of hydrogen-bond acceptors (Lipinski definition) is 3. The van der Waals surface area contributed by atoms with E-state index in [9.17, 15) is 9.59 Å². The molecule has 5 heteroatoms. The van der Waals surface area contributed by atoms with E-state index in [0.717, 1.165) is 57.1 Å². The normalized spacial score (nSPS) is 20.9. The van der Waals surface area contributed by atoms with Crippen molar-refractivity contribution in [2.45, 2.75) is 76.7 Å². The van der Waals surface area contributed by atoms with Gasteiger partial charge in [0.1, 0.15) is 0 Å². The van der Waals surface area contributed by atoms with Crippen molar-refractivity contribution in [3.05, 3.63) is 0 Å². The van der Waals surface area contributed by atoms with Gasteiger partial charge in [0.05, 0.1) is 0 Å². The molecule has 2 aliphatic rings. The number of hydrogen-bond donors (Lipinski definition) is 2. The summed E-state index contributed by atoms with van der Waals surface area (Å²) in [7, 11) is 0. The summed E-state index contributed by atoms with van der Waals surface area (Å²) in [4.78, 5) is 23.4. The van der Waals surface area contributed by atoms with E-state index in [4.69, 9.17) is 0 Å². The van der Waals surface area contributed by atoms with Crippen LogP contribution in [-0.4, -0.2) is 23.6 Å². The summed E-state index contributed by atoms with van der Waals surface area (Å²) in [5.74, 6) is -1.18. The van der Waals surface area contributed by atoms with E-state index in [0.29, 0.717) is 0 Å². The van der Waals surface area contributed by atoms with Crippen LogP contribution < -0.4 is 10.7 Å². The lowest BCUT2D eigenvalue weighted by atomic mass is 9.99. The molecule has 2 fully saturated rings. The number of nitrogens with zero attached hydrogens (tertiary/aromatic N) is 1. The standard InChI is InChI=1S/C15H25N3O2/c19-14(16-12-8-6-7-9-12)15(20)18-17-13-10-4-2-1-3-5-11-13/h12H,1-11H2,(H,16,19)(H,18,20). The third kappa shape index (κ3) is 4.94. The Balaban J connectivity index is 1.75. The molecular weight excluding hydrogens is 254 g/mol. The first-order valence-corrected chi connectivity index (χ1v) is 7.92. The van der Waals surface area contributed by atoms with Crippen LogP contribution in [0.3, 0.4) is 0 Å². The highest BCUT2D eigenvalue weighted by Crippen LogP contribution is 2.17. The summed E-state index contributed by atoms with van der Waals surface area (Å²) >= 11 is 0. The van der Waals surface area contributed by atoms with E-state index >= 15 is 0 Å². The molecule has 0 bridgehead atoms. The molecule has 0 radical (unpaired) electrons. The molecule has 112 valence electrons. The topological polar surface area (TPSA) is 70.6 Å². The molecule has 0 spiro atoms. The van der Waals surface area contributed by atoms with Crippen molar-refractivity contribution >= 4 is 17.5 Å². The van der Waals surface area contributed by atoms with Gasteiger partial charge >= 0.3 is 11.8 Å². The molecular formula is C15H25N3O2. The molecule has 0 unspecified atom stereocenters. The number of nitrogens with one attached hydrogen (secondary N) is 2. The summed E-state index contributed by atoms with van der Waals surface area (Å²) in [5, 5.41) is 6.91. The lowest BCUT2D eigenvalue weighted by Gasteiger charge is -2.12. The molecule has 0 atom stereocenters. The van der Waals surface area contributed by atoms with Crippen molar-refractivity contribution in [2.75, 3.05) is 0 Å².